The molecule has 92 valence electrons. The number of aryl methyl sites for hydroxylation is 1. The van der Waals surface area contributed by atoms with Crippen molar-refractivity contribution in [2.24, 2.45) is 0 Å². The van der Waals surface area contributed by atoms with Crippen LogP contribution >= 0.6 is 15.9 Å². The molecule has 0 spiro atoms. The van der Waals surface area contributed by atoms with Gasteiger partial charge in [-0.3, -0.25) is 4.72 Å². The van der Waals surface area contributed by atoms with Gasteiger partial charge in [0.25, 0.3) is 0 Å². The molecule has 1 aromatic carbocycles. The summed E-state index contributed by atoms with van der Waals surface area (Å²) in [5.74, 6) is 0. The van der Waals surface area contributed by atoms with Gasteiger partial charge in [-0.05, 0) is 37.1 Å². The second kappa shape index (κ2) is 5.52. The fraction of sp³-hybridized carbons (Fsp3) is 0.364. The van der Waals surface area contributed by atoms with Crippen molar-refractivity contribution in [2.75, 3.05) is 4.72 Å². The summed E-state index contributed by atoms with van der Waals surface area (Å²) in [7, 11) is -3.64. The first-order valence-electron chi connectivity index (χ1n) is 5.08. The highest BCUT2D eigenvalue weighted by atomic mass is 79.9. The first-order chi connectivity index (χ1) is 7.90. The van der Waals surface area contributed by atoms with E-state index in [4.69, 9.17) is 5.26 Å². The van der Waals surface area contributed by atoms with Gasteiger partial charge in [0.1, 0.15) is 0 Å². The Kier molecular flexibility index (Phi) is 4.54. The zero-order valence-electron chi connectivity index (χ0n) is 9.57. The molecule has 0 saturated carbocycles. The number of rotatable bonds is 4. The van der Waals surface area contributed by atoms with Crippen LogP contribution in [0.15, 0.2) is 22.7 Å². The second-order valence-electron chi connectivity index (χ2n) is 3.63. The van der Waals surface area contributed by atoms with Crippen molar-refractivity contribution >= 4 is 31.6 Å². The van der Waals surface area contributed by atoms with Crippen LogP contribution in [0.2, 0.25) is 0 Å². The summed E-state index contributed by atoms with van der Waals surface area (Å²) in [5, 5.41) is 7.75. The molecule has 1 atom stereocenters. The Morgan fingerprint density at radius 3 is 2.65 bits per heavy atom. The number of benzene rings is 1. The van der Waals surface area contributed by atoms with Gasteiger partial charge in [0.2, 0.25) is 10.0 Å². The van der Waals surface area contributed by atoms with E-state index in [0.29, 0.717) is 5.69 Å². The molecule has 0 aliphatic rings. The third kappa shape index (κ3) is 3.45. The summed E-state index contributed by atoms with van der Waals surface area (Å²) in [6.07, 6.45) is 0.265. The first kappa shape index (κ1) is 14.0. The minimum absolute atomic E-state index is 0.265. The molecule has 0 amide bonds. The largest absolute Gasteiger partial charge is 0.282 e. The SMILES string of the molecule is CCC(C#N)S(=O)(=O)Nc1ccc(Br)cc1C. The van der Waals surface area contributed by atoms with Gasteiger partial charge >= 0.3 is 0 Å². The van der Waals surface area contributed by atoms with E-state index in [9.17, 15) is 8.42 Å². The van der Waals surface area contributed by atoms with Gasteiger partial charge in [0, 0.05) is 4.47 Å². The summed E-state index contributed by atoms with van der Waals surface area (Å²) in [4.78, 5) is 0. The van der Waals surface area contributed by atoms with E-state index in [1.54, 1.807) is 32.0 Å². The number of sulfonamides is 1. The second-order valence-corrected chi connectivity index (χ2v) is 6.41. The van der Waals surface area contributed by atoms with Gasteiger partial charge in [0.05, 0.1) is 11.8 Å². The molecule has 6 heteroatoms. The van der Waals surface area contributed by atoms with Crippen LogP contribution in [-0.4, -0.2) is 13.7 Å². The van der Waals surface area contributed by atoms with Crippen LogP contribution in [0.1, 0.15) is 18.9 Å². The third-order valence-corrected chi connectivity index (χ3v) is 4.52. The van der Waals surface area contributed by atoms with Crippen LogP contribution in [0.25, 0.3) is 0 Å². The van der Waals surface area contributed by atoms with Crippen molar-refractivity contribution in [2.45, 2.75) is 25.5 Å². The predicted octanol–water partition coefficient (Wildman–Crippen LogP) is 2.80. The molecular weight excluding hydrogens is 304 g/mol. The summed E-state index contributed by atoms with van der Waals surface area (Å²) in [5.41, 5.74) is 1.30. The zero-order chi connectivity index (χ0) is 13.1. The van der Waals surface area contributed by atoms with Crippen LogP contribution in [0.5, 0.6) is 0 Å². The molecule has 1 rings (SSSR count). The van der Waals surface area contributed by atoms with Crippen molar-refractivity contribution in [1.29, 1.82) is 5.26 Å². The topological polar surface area (TPSA) is 70.0 Å². The van der Waals surface area contributed by atoms with E-state index < -0.39 is 15.3 Å². The molecule has 0 fully saturated rings. The highest BCUT2D eigenvalue weighted by Crippen LogP contribution is 2.22. The lowest BCUT2D eigenvalue weighted by Crippen LogP contribution is -2.26. The standard InChI is InChI=1S/C11H13BrN2O2S/c1-3-10(7-13)17(15,16)14-11-5-4-9(12)6-8(11)2/h4-6,10,14H,3H2,1-2H3. The third-order valence-electron chi connectivity index (χ3n) is 2.33. The van der Waals surface area contributed by atoms with E-state index in [1.165, 1.54) is 0 Å². The maximum absolute atomic E-state index is 11.9. The molecule has 0 aliphatic carbocycles. The molecule has 0 aromatic heterocycles. The van der Waals surface area contributed by atoms with Crippen molar-refractivity contribution in [1.82, 2.24) is 0 Å². The molecule has 0 saturated heterocycles. The van der Waals surface area contributed by atoms with E-state index in [-0.39, 0.29) is 6.42 Å². The fourth-order valence-electron chi connectivity index (χ4n) is 1.35. The Morgan fingerprint density at radius 2 is 2.18 bits per heavy atom. The molecule has 0 bridgehead atoms. The lowest BCUT2D eigenvalue weighted by atomic mass is 10.2. The molecule has 0 aliphatic heterocycles. The first-order valence-corrected chi connectivity index (χ1v) is 7.42. The van der Waals surface area contributed by atoms with Crippen LogP contribution < -0.4 is 4.72 Å². The maximum atomic E-state index is 11.9. The van der Waals surface area contributed by atoms with Crippen LogP contribution in [0.4, 0.5) is 5.69 Å². The Hall–Kier alpha value is -1.06. The number of nitrogens with one attached hydrogen (secondary N) is 1. The number of nitrogens with zero attached hydrogens (tertiary/aromatic N) is 1. The molecular formula is C11H13BrN2O2S. The van der Waals surface area contributed by atoms with Gasteiger partial charge < -0.3 is 0 Å². The number of hydrogen-bond donors (Lipinski definition) is 1. The quantitative estimate of drug-likeness (QED) is 0.928. The van der Waals surface area contributed by atoms with Gasteiger partial charge in [-0.25, -0.2) is 8.42 Å². The maximum Gasteiger partial charge on any atom is 0.249 e. The van der Waals surface area contributed by atoms with Gasteiger partial charge in [-0.2, -0.15) is 5.26 Å². The highest BCUT2D eigenvalue weighted by Gasteiger charge is 2.23. The van der Waals surface area contributed by atoms with Gasteiger partial charge in [-0.1, -0.05) is 22.9 Å². The Balaban J connectivity index is 3.03. The van der Waals surface area contributed by atoms with Crippen molar-refractivity contribution in [3.05, 3.63) is 28.2 Å². The van der Waals surface area contributed by atoms with Crippen molar-refractivity contribution in [3.63, 3.8) is 0 Å². The summed E-state index contributed by atoms with van der Waals surface area (Å²) >= 11 is 3.30. The predicted molar refractivity (Wildman–Crippen MR) is 71.1 cm³/mol. The molecule has 1 N–H and O–H groups in total. The van der Waals surface area contributed by atoms with Crippen molar-refractivity contribution in [3.8, 4) is 6.07 Å². The number of nitriles is 1. The lowest BCUT2D eigenvalue weighted by Gasteiger charge is -2.13. The van der Waals surface area contributed by atoms with Gasteiger partial charge in [0.15, 0.2) is 5.25 Å². The molecule has 4 nitrogen and oxygen atoms in total. The molecule has 17 heavy (non-hydrogen) atoms. The van der Waals surface area contributed by atoms with Crippen LogP contribution in [-0.2, 0) is 10.0 Å². The average molecular weight is 317 g/mol. The molecule has 1 unspecified atom stereocenters. The summed E-state index contributed by atoms with van der Waals surface area (Å²) in [6, 6.07) is 7.01. The van der Waals surface area contributed by atoms with Gasteiger partial charge in [-0.15, -0.1) is 0 Å². The smallest absolute Gasteiger partial charge is 0.249 e. The number of halogens is 1. The normalized spacial score (nSPS) is 12.8. The van der Waals surface area contributed by atoms with E-state index in [0.717, 1.165) is 10.0 Å². The Labute approximate surface area is 110 Å². The molecule has 1 aromatic rings. The average Bonchev–Trinajstić information content (AvgIpc) is 2.23. The number of hydrogen-bond acceptors (Lipinski definition) is 3. The molecule has 0 heterocycles. The van der Waals surface area contributed by atoms with E-state index in [2.05, 4.69) is 20.7 Å². The Morgan fingerprint density at radius 1 is 1.53 bits per heavy atom. The van der Waals surface area contributed by atoms with Crippen LogP contribution in [0.3, 0.4) is 0 Å². The van der Waals surface area contributed by atoms with Crippen molar-refractivity contribution < 1.29 is 8.42 Å². The van der Waals surface area contributed by atoms with E-state index >= 15 is 0 Å². The number of anilines is 1. The zero-order valence-corrected chi connectivity index (χ0v) is 12.0. The monoisotopic (exact) mass is 316 g/mol. The minimum Gasteiger partial charge on any atom is -0.282 e. The molecule has 0 radical (unpaired) electrons. The lowest BCUT2D eigenvalue weighted by molar-refractivity contribution is 0.593. The summed E-state index contributed by atoms with van der Waals surface area (Å²) in [6.45, 7) is 3.47. The minimum atomic E-state index is -3.64. The summed E-state index contributed by atoms with van der Waals surface area (Å²) < 4.78 is 27.0. The fourth-order valence-corrected chi connectivity index (χ4v) is 3.08. The Bertz CT molecular complexity index is 549. The van der Waals surface area contributed by atoms with Crippen LogP contribution in [0, 0.1) is 18.3 Å². The highest BCUT2D eigenvalue weighted by molar-refractivity contribution is 9.10. The van der Waals surface area contributed by atoms with E-state index in [1.807, 2.05) is 6.07 Å².